The van der Waals surface area contributed by atoms with Crippen LogP contribution >= 0.6 is 15.9 Å². The van der Waals surface area contributed by atoms with Crippen LogP contribution in [0.15, 0.2) is 24.3 Å². The number of nitrogens with one attached hydrogen (secondary N) is 3. The van der Waals surface area contributed by atoms with Gasteiger partial charge in [0.15, 0.2) is 5.90 Å². The number of unbranched alkanes of at least 4 members (excludes halogenated alkanes) is 43. The third kappa shape index (κ3) is 70.5. The van der Waals surface area contributed by atoms with Crippen molar-refractivity contribution in [1.29, 1.82) is 5.41 Å². The SMILES string of the molecule is CCCCC/C=C\CC/C=C\CCNCCCCCCN(CCBr)CCCCCCCCCCOC(=N)CCCCCCCCCCCN(CCCCCCCCCCCCCON(CCCCCCCC)CCCCCCCCC)CCNC. The molecule has 0 aromatic heterocycles. The molecule has 0 fully saturated rings. The maximum atomic E-state index is 8.28. The normalized spacial score (nSPS) is 12.1. The smallest absolute Gasteiger partial charge is 0.180 e. The van der Waals surface area contributed by atoms with Crippen LogP contribution in [-0.2, 0) is 9.57 Å². The van der Waals surface area contributed by atoms with Crippen LogP contribution in [0.1, 0.15) is 361 Å². The van der Waals surface area contributed by atoms with Crippen LogP contribution in [0.4, 0.5) is 0 Å². The summed E-state index contributed by atoms with van der Waals surface area (Å²) in [6.45, 7) is 21.6. The molecule has 0 unspecified atom stereocenters. The predicted molar refractivity (Wildman–Crippen MR) is 385 cm³/mol. The molecule has 0 radical (unpaired) electrons. The monoisotopic (exact) mass is 1260 g/mol. The van der Waals surface area contributed by atoms with Gasteiger partial charge in [-0.1, -0.05) is 299 Å². The van der Waals surface area contributed by atoms with Crippen molar-refractivity contribution < 1.29 is 9.57 Å². The van der Waals surface area contributed by atoms with Gasteiger partial charge in [-0.25, -0.2) is 0 Å². The lowest BCUT2D eigenvalue weighted by Gasteiger charge is -2.22. The molecular formula is C76H153BrN6O2. The predicted octanol–water partition coefficient (Wildman–Crippen LogP) is 22.9. The highest BCUT2D eigenvalue weighted by atomic mass is 79.9. The zero-order valence-corrected chi connectivity index (χ0v) is 59.8. The highest BCUT2D eigenvalue weighted by Gasteiger charge is 2.09. The number of likely N-dealkylation sites (N-methyl/N-ethyl adjacent to an activating group) is 1. The van der Waals surface area contributed by atoms with Crippen molar-refractivity contribution in [2.45, 2.75) is 361 Å². The Labute approximate surface area is 542 Å². The van der Waals surface area contributed by atoms with Gasteiger partial charge >= 0.3 is 0 Å². The van der Waals surface area contributed by atoms with E-state index in [1.165, 1.54) is 354 Å². The molecule has 506 valence electrons. The van der Waals surface area contributed by atoms with Gasteiger partial charge in [-0.2, -0.15) is 5.06 Å². The van der Waals surface area contributed by atoms with Gasteiger partial charge in [0.25, 0.3) is 0 Å². The van der Waals surface area contributed by atoms with Crippen LogP contribution in [0.3, 0.4) is 0 Å². The third-order valence-corrected chi connectivity index (χ3v) is 18.0. The van der Waals surface area contributed by atoms with Crippen molar-refractivity contribution in [3.8, 4) is 0 Å². The highest BCUT2D eigenvalue weighted by molar-refractivity contribution is 9.09. The molecule has 0 saturated carbocycles. The molecule has 0 saturated heterocycles. The molecule has 0 aliphatic heterocycles. The third-order valence-electron chi connectivity index (χ3n) is 17.6. The van der Waals surface area contributed by atoms with Gasteiger partial charge in [0, 0.05) is 44.5 Å². The largest absolute Gasteiger partial charge is 0.481 e. The van der Waals surface area contributed by atoms with Gasteiger partial charge < -0.3 is 25.2 Å². The van der Waals surface area contributed by atoms with Crippen LogP contribution < -0.4 is 10.6 Å². The maximum absolute atomic E-state index is 8.28. The van der Waals surface area contributed by atoms with Gasteiger partial charge in [-0.15, -0.1) is 0 Å². The number of nitrogens with zero attached hydrogens (tertiary/aromatic N) is 3. The van der Waals surface area contributed by atoms with Crippen LogP contribution in [0.2, 0.25) is 0 Å². The lowest BCUT2D eigenvalue weighted by atomic mass is 10.1. The Kier molecular flexibility index (Phi) is 74.9. The number of alkyl halides is 1. The number of ether oxygens (including phenoxy) is 1. The van der Waals surface area contributed by atoms with Gasteiger partial charge in [0.1, 0.15) is 0 Å². The second kappa shape index (κ2) is 75.6. The Balaban J connectivity index is 3.69. The fourth-order valence-corrected chi connectivity index (χ4v) is 12.4. The minimum atomic E-state index is 0.519. The first kappa shape index (κ1) is 84.2. The minimum absolute atomic E-state index is 0.519. The minimum Gasteiger partial charge on any atom is -0.481 e. The molecule has 3 N–H and O–H groups in total. The molecule has 0 amide bonds. The summed E-state index contributed by atoms with van der Waals surface area (Å²) in [4.78, 5) is 11.8. The first-order valence-corrected chi connectivity index (χ1v) is 39.5. The lowest BCUT2D eigenvalue weighted by Crippen LogP contribution is -2.32. The summed E-state index contributed by atoms with van der Waals surface area (Å²) in [6.07, 6.45) is 79.7. The van der Waals surface area contributed by atoms with E-state index < -0.39 is 0 Å². The fourth-order valence-electron chi connectivity index (χ4n) is 11.9. The average molecular weight is 1260 g/mol. The molecule has 85 heavy (non-hydrogen) atoms. The van der Waals surface area contributed by atoms with Crippen LogP contribution in [0.5, 0.6) is 0 Å². The topological polar surface area (TPSA) is 76.1 Å². The Bertz CT molecular complexity index is 1300. The first-order valence-electron chi connectivity index (χ1n) is 38.3. The van der Waals surface area contributed by atoms with E-state index >= 15 is 0 Å². The molecule has 0 aromatic carbocycles. The van der Waals surface area contributed by atoms with E-state index in [-0.39, 0.29) is 0 Å². The summed E-state index contributed by atoms with van der Waals surface area (Å²) in [7, 11) is 2.10. The Morgan fingerprint density at radius 3 is 1.14 bits per heavy atom. The number of allylic oxidation sites excluding steroid dienone is 3. The van der Waals surface area contributed by atoms with Crippen molar-refractivity contribution in [3.05, 3.63) is 24.3 Å². The van der Waals surface area contributed by atoms with Gasteiger partial charge in [-0.3, -0.25) is 10.2 Å². The Morgan fingerprint density at radius 2 is 0.694 bits per heavy atom. The summed E-state index contributed by atoms with van der Waals surface area (Å²) in [5.41, 5.74) is 0. The number of hydroxylamine groups is 2. The maximum Gasteiger partial charge on any atom is 0.180 e. The zero-order valence-electron chi connectivity index (χ0n) is 58.2. The van der Waals surface area contributed by atoms with Crippen LogP contribution in [-0.4, -0.2) is 118 Å². The Morgan fingerprint density at radius 1 is 0.341 bits per heavy atom. The molecule has 0 aliphatic rings. The van der Waals surface area contributed by atoms with E-state index in [9.17, 15) is 0 Å². The second-order valence-electron chi connectivity index (χ2n) is 26.0. The molecule has 8 nitrogen and oxygen atoms in total. The Hall–Kier alpha value is -0.810. The second-order valence-corrected chi connectivity index (χ2v) is 26.8. The molecule has 0 spiro atoms. The van der Waals surface area contributed by atoms with E-state index in [0.717, 1.165) is 77.0 Å². The zero-order chi connectivity index (χ0) is 61.3. The first-order chi connectivity index (χ1) is 42.1. The molecule has 0 heterocycles. The molecule has 0 aromatic rings. The van der Waals surface area contributed by atoms with E-state index in [1.54, 1.807) is 0 Å². The van der Waals surface area contributed by atoms with Gasteiger partial charge in [0.05, 0.1) is 13.2 Å². The number of rotatable bonds is 75. The van der Waals surface area contributed by atoms with Gasteiger partial charge in [0.2, 0.25) is 0 Å². The van der Waals surface area contributed by atoms with E-state index in [4.69, 9.17) is 15.0 Å². The molecule has 0 rings (SSSR count). The molecule has 9 heteroatoms. The molecular weight excluding hydrogens is 1110 g/mol. The number of halogens is 1. The van der Waals surface area contributed by atoms with E-state index in [2.05, 4.69) is 93.5 Å². The lowest BCUT2D eigenvalue weighted by molar-refractivity contribution is -0.161. The summed E-state index contributed by atoms with van der Waals surface area (Å²) >= 11 is 3.70. The van der Waals surface area contributed by atoms with E-state index in [1.807, 2.05) is 0 Å². The van der Waals surface area contributed by atoms with Crippen molar-refractivity contribution >= 4 is 21.8 Å². The highest BCUT2D eigenvalue weighted by Crippen LogP contribution is 2.17. The summed E-state index contributed by atoms with van der Waals surface area (Å²) in [6, 6.07) is 0. The van der Waals surface area contributed by atoms with Crippen molar-refractivity contribution in [1.82, 2.24) is 25.5 Å². The standard InChI is InChI=1S/C76H153BrN6O2/c1-5-8-11-14-17-18-20-25-32-40-51-63-80-64-52-41-47-56-67-81(72-62-77)66-53-42-36-28-30-37-48-59-74-84-76(78)61-50-39-31-24-23-27-35-44-55-69-82(73-65-79-4)68-54-43-34-26-21-19-22-29-38-49-60-75-85-83(70-57-45-16-13-10-7-3)71-58-46-33-15-12-9-6-2/h17-18,32,40,78-80H,5-16,19-31,33-39,41-75H2,1-4H3/b18-17-,40-32-,78-76?. The summed E-state index contributed by atoms with van der Waals surface area (Å²) < 4.78 is 5.81. The van der Waals surface area contributed by atoms with Crippen molar-refractivity contribution in [3.63, 3.8) is 0 Å². The quantitative estimate of drug-likeness (QED) is 0.0140. The van der Waals surface area contributed by atoms with Crippen LogP contribution in [0, 0.1) is 5.41 Å². The number of hydrogen-bond donors (Lipinski definition) is 3. The van der Waals surface area contributed by atoms with Crippen LogP contribution in [0.25, 0.3) is 0 Å². The van der Waals surface area contributed by atoms with Crippen molar-refractivity contribution in [2.75, 3.05) is 97.6 Å². The summed E-state index contributed by atoms with van der Waals surface area (Å²) in [5.74, 6) is 0.519. The fraction of sp³-hybridized carbons (Fsp3) is 0.934. The molecule has 0 bridgehead atoms. The average Bonchev–Trinajstić information content (AvgIpc) is 3.51. The molecule has 0 aliphatic carbocycles. The summed E-state index contributed by atoms with van der Waals surface area (Å²) in [5, 5.41) is 18.7. The number of hydrogen-bond acceptors (Lipinski definition) is 8. The van der Waals surface area contributed by atoms with E-state index in [0.29, 0.717) is 5.90 Å². The molecule has 0 atom stereocenters. The van der Waals surface area contributed by atoms with Gasteiger partial charge in [-0.05, 0) is 143 Å². The van der Waals surface area contributed by atoms with Crippen molar-refractivity contribution in [2.24, 2.45) is 0 Å².